The molecule has 1 aliphatic heterocycles. The molecule has 0 aliphatic carbocycles. The van der Waals surface area contributed by atoms with Crippen molar-refractivity contribution >= 4 is 11.6 Å². The van der Waals surface area contributed by atoms with Crippen molar-refractivity contribution in [1.29, 1.82) is 0 Å². The van der Waals surface area contributed by atoms with Crippen molar-refractivity contribution in [3.8, 4) is 0 Å². The molecule has 0 aromatic carbocycles. The van der Waals surface area contributed by atoms with Crippen LogP contribution in [0.1, 0.15) is 31.5 Å². The zero-order valence-corrected chi connectivity index (χ0v) is 11.4. The SMILES string of the molecule is CCC1OCCC1C(NC)c1c(Cl)cnn1C. The molecule has 3 atom stereocenters. The highest BCUT2D eigenvalue weighted by Gasteiger charge is 2.36. The van der Waals surface area contributed by atoms with Crippen LogP contribution in [0.4, 0.5) is 0 Å². The van der Waals surface area contributed by atoms with E-state index in [9.17, 15) is 0 Å². The quantitative estimate of drug-likeness (QED) is 0.898. The molecule has 1 saturated heterocycles. The van der Waals surface area contributed by atoms with Crippen LogP contribution >= 0.6 is 11.6 Å². The Hall–Kier alpha value is -0.580. The molecule has 96 valence electrons. The van der Waals surface area contributed by atoms with E-state index in [0.717, 1.165) is 30.2 Å². The minimum absolute atomic E-state index is 0.211. The van der Waals surface area contributed by atoms with Crippen molar-refractivity contribution in [2.75, 3.05) is 13.7 Å². The molecule has 1 aliphatic rings. The van der Waals surface area contributed by atoms with Crippen LogP contribution in [0.3, 0.4) is 0 Å². The maximum atomic E-state index is 6.22. The number of nitrogens with one attached hydrogen (secondary N) is 1. The Balaban J connectivity index is 2.27. The first-order valence-corrected chi connectivity index (χ1v) is 6.53. The summed E-state index contributed by atoms with van der Waals surface area (Å²) in [5.74, 6) is 0.470. The smallest absolute Gasteiger partial charge is 0.0834 e. The first-order chi connectivity index (χ1) is 8.19. The molecular weight excluding hydrogens is 238 g/mol. The molecule has 1 aromatic heterocycles. The summed E-state index contributed by atoms with van der Waals surface area (Å²) < 4.78 is 7.62. The molecule has 4 nitrogen and oxygen atoms in total. The number of hydrogen-bond acceptors (Lipinski definition) is 3. The molecule has 3 unspecified atom stereocenters. The summed E-state index contributed by atoms with van der Waals surface area (Å²) in [5.41, 5.74) is 1.06. The lowest BCUT2D eigenvalue weighted by Crippen LogP contribution is -2.32. The third kappa shape index (κ3) is 2.34. The van der Waals surface area contributed by atoms with E-state index in [1.54, 1.807) is 6.20 Å². The molecule has 0 radical (unpaired) electrons. The first-order valence-electron chi connectivity index (χ1n) is 6.15. The first kappa shape index (κ1) is 12.9. The highest BCUT2D eigenvalue weighted by molar-refractivity contribution is 6.31. The van der Waals surface area contributed by atoms with E-state index in [-0.39, 0.29) is 6.04 Å². The fourth-order valence-corrected chi connectivity index (χ4v) is 3.07. The fourth-order valence-electron chi connectivity index (χ4n) is 2.79. The number of ether oxygens (including phenoxy) is 1. The summed E-state index contributed by atoms with van der Waals surface area (Å²) in [6, 6.07) is 0.211. The largest absolute Gasteiger partial charge is 0.378 e. The summed E-state index contributed by atoms with van der Waals surface area (Å²) in [6.07, 6.45) is 4.14. The maximum absolute atomic E-state index is 6.22. The average molecular weight is 258 g/mol. The number of aromatic nitrogens is 2. The van der Waals surface area contributed by atoms with Crippen molar-refractivity contribution in [1.82, 2.24) is 15.1 Å². The second kappa shape index (κ2) is 5.38. The van der Waals surface area contributed by atoms with Crippen molar-refractivity contribution in [3.05, 3.63) is 16.9 Å². The Morgan fingerprint density at radius 2 is 2.47 bits per heavy atom. The van der Waals surface area contributed by atoms with Crippen LogP contribution in [-0.2, 0) is 11.8 Å². The maximum Gasteiger partial charge on any atom is 0.0834 e. The molecule has 5 heteroatoms. The van der Waals surface area contributed by atoms with Gasteiger partial charge in [-0.25, -0.2) is 0 Å². The molecule has 1 aromatic rings. The third-order valence-electron chi connectivity index (χ3n) is 3.63. The molecule has 1 fully saturated rings. The van der Waals surface area contributed by atoms with E-state index >= 15 is 0 Å². The number of rotatable bonds is 4. The van der Waals surface area contributed by atoms with E-state index in [0.29, 0.717) is 12.0 Å². The lowest BCUT2D eigenvalue weighted by atomic mass is 9.89. The molecule has 0 amide bonds. The predicted molar refractivity (Wildman–Crippen MR) is 68.2 cm³/mol. The van der Waals surface area contributed by atoms with Crippen LogP contribution in [0.25, 0.3) is 0 Å². The highest BCUT2D eigenvalue weighted by atomic mass is 35.5. The van der Waals surface area contributed by atoms with Gasteiger partial charge in [0.2, 0.25) is 0 Å². The van der Waals surface area contributed by atoms with Crippen LogP contribution in [0.15, 0.2) is 6.20 Å². The second-order valence-electron chi connectivity index (χ2n) is 4.54. The lowest BCUT2D eigenvalue weighted by Gasteiger charge is -2.27. The van der Waals surface area contributed by atoms with Crippen LogP contribution in [-0.4, -0.2) is 29.5 Å². The van der Waals surface area contributed by atoms with Crippen molar-refractivity contribution < 1.29 is 4.74 Å². The summed E-state index contributed by atoms with van der Waals surface area (Å²) in [6.45, 7) is 3.01. The molecule has 2 rings (SSSR count). The van der Waals surface area contributed by atoms with E-state index < -0.39 is 0 Å². The second-order valence-corrected chi connectivity index (χ2v) is 4.94. The zero-order valence-electron chi connectivity index (χ0n) is 10.6. The molecule has 0 spiro atoms. The molecule has 0 saturated carbocycles. The van der Waals surface area contributed by atoms with Gasteiger partial charge in [0.25, 0.3) is 0 Å². The van der Waals surface area contributed by atoms with Gasteiger partial charge in [-0.1, -0.05) is 18.5 Å². The van der Waals surface area contributed by atoms with Gasteiger partial charge < -0.3 is 10.1 Å². The zero-order chi connectivity index (χ0) is 12.4. The third-order valence-corrected chi connectivity index (χ3v) is 3.93. The van der Waals surface area contributed by atoms with Crippen molar-refractivity contribution in [2.24, 2.45) is 13.0 Å². The van der Waals surface area contributed by atoms with E-state index in [1.807, 2.05) is 18.8 Å². The summed E-state index contributed by atoms with van der Waals surface area (Å²) in [7, 11) is 3.90. The van der Waals surface area contributed by atoms with Crippen LogP contribution < -0.4 is 5.32 Å². The van der Waals surface area contributed by atoms with E-state index in [4.69, 9.17) is 16.3 Å². The number of nitrogens with zero attached hydrogens (tertiary/aromatic N) is 2. The Kier molecular flexibility index (Phi) is 4.07. The Bertz CT molecular complexity index is 360. The summed E-state index contributed by atoms with van der Waals surface area (Å²) in [4.78, 5) is 0. The van der Waals surface area contributed by atoms with Crippen LogP contribution in [0.5, 0.6) is 0 Å². The standard InChI is InChI=1S/C12H20ClN3O/c1-4-10-8(5-6-17-10)11(14-2)12-9(13)7-15-16(12)3/h7-8,10-11,14H,4-6H2,1-3H3. The van der Waals surface area contributed by atoms with Gasteiger partial charge in [-0.3, -0.25) is 4.68 Å². The minimum Gasteiger partial charge on any atom is -0.378 e. The fraction of sp³-hybridized carbons (Fsp3) is 0.750. The lowest BCUT2D eigenvalue weighted by molar-refractivity contribution is 0.0774. The van der Waals surface area contributed by atoms with Gasteiger partial charge in [0.15, 0.2) is 0 Å². The van der Waals surface area contributed by atoms with Crippen LogP contribution in [0.2, 0.25) is 5.02 Å². The minimum atomic E-state index is 0.211. The van der Waals surface area contributed by atoms with E-state index in [2.05, 4.69) is 17.3 Å². The average Bonchev–Trinajstić information content (AvgIpc) is 2.91. The monoisotopic (exact) mass is 257 g/mol. The van der Waals surface area contributed by atoms with Gasteiger partial charge in [0, 0.05) is 19.6 Å². The topological polar surface area (TPSA) is 39.1 Å². The Morgan fingerprint density at radius 3 is 3.00 bits per heavy atom. The Morgan fingerprint density at radius 1 is 1.71 bits per heavy atom. The Labute approximate surface area is 107 Å². The van der Waals surface area contributed by atoms with Crippen molar-refractivity contribution in [3.63, 3.8) is 0 Å². The predicted octanol–water partition coefficient (Wildman–Crippen LogP) is 2.15. The van der Waals surface area contributed by atoms with Gasteiger partial charge in [-0.2, -0.15) is 5.10 Å². The molecule has 2 heterocycles. The van der Waals surface area contributed by atoms with Gasteiger partial charge in [-0.15, -0.1) is 0 Å². The van der Waals surface area contributed by atoms with Gasteiger partial charge in [0.1, 0.15) is 0 Å². The normalized spacial score (nSPS) is 26.4. The van der Waals surface area contributed by atoms with Crippen LogP contribution in [0, 0.1) is 5.92 Å². The summed E-state index contributed by atoms with van der Waals surface area (Å²) >= 11 is 6.22. The molecule has 17 heavy (non-hydrogen) atoms. The molecule has 1 N–H and O–H groups in total. The highest BCUT2D eigenvalue weighted by Crippen LogP contribution is 2.36. The van der Waals surface area contributed by atoms with Gasteiger partial charge in [0.05, 0.1) is 29.1 Å². The van der Waals surface area contributed by atoms with Crippen molar-refractivity contribution in [2.45, 2.75) is 31.9 Å². The number of hydrogen-bond donors (Lipinski definition) is 1. The van der Waals surface area contributed by atoms with E-state index in [1.165, 1.54) is 0 Å². The van der Waals surface area contributed by atoms with Gasteiger partial charge >= 0.3 is 0 Å². The number of aryl methyl sites for hydroxylation is 1. The van der Waals surface area contributed by atoms with Gasteiger partial charge in [-0.05, 0) is 19.9 Å². The molecular formula is C12H20ClN3O. The summed E-state index contributed by atoms with van der Waals surface area (Å²) in [5, 5.41) is 8.31. The molecule has 0 bridgehead atoms. The number of halogens is 1.